The first-order chi connectivity index (χ1) is 28.4. The minimum absolute atomic E-state index is 0.193. The first-order valence-electron chi connectivity index (χ1n) is 22.2. The fourth-order valence-electron chi connectivity index (χ4n) is 9.06. The van der Waals surface area contributed by atoms with Crippen LogP contribution in [-0.4, -0.2) is 6.54 Å². The molecule has 0 atom stereocenters. The number of nitrogens with zero attached hydrogens (tertiary/aromatic N) is 2. The molecule has 6 rings (SSSR count). The predicted molar refractivity (Wildman–Crippen MR) is 259 cm³/mol. The molecule has 0 saturated carbocycles. The highest BCUT2D eigenvalue weighted by atomic mass is 35.5. The van der Waals surface area contributed by atoms with E-state index in [0.717, 1.165) is 46.4 Å². The maximum absolute atomic E-state index is 6.68. The topological polar surface area (TPSA) is 6.48 Å². The molecule has 0 amide bonds. The van der Waals surface area contributed by atoms with E-state index in [1.807, 2.05) is 6.07 Å². The Kier molecular flexibility index (Phi) is 15.3. The highest BCUT2D eigenvalue weighted by Gasteiger charge is 2.40. The molecule has 1 aliphatic heterocycles. The summed E-state index contributed by atoms with van der Waals surface area (Å²) in [6.07, 6.45) is 24.6. The molecule has 1 aliphatic carbocycles. The van der Waals surface area contributed by atoms with Crippen molar-refractivity contribution in [3.05, 3.63) is 183 Å². The maximum atomic E-state index is 6.68. The lowest BCUT2D eigenvalue weighted by Crippen LogP contribution is -2.27. The number of halogens is 2. The van der Waals surface area contributed by atoms with Crippen LogP contribution in [0.3, 0.4) is 0 Å². The number of unbranched alkanes of at least 4 members (excludes halogenated alkanes) is 9. The minimum atomic E-state index is -0.296. The number of allylic oxidation sites excluding steroid dienone is 8. The molecule has 4 aromatic carbocycles. The second-order valence-corrected chi connectivity index (χ2v) is 18.6. The van der Waals surface area contributed by atoms with Crippen LogP contribution < -0.4 is 9.80 Å². The molecule has 0 radical (unpaired) electrons. The molecule has 4 aromatic rings. The van der Waals surface area contributed by atoms with Crippen molar-refractivity contribution in [2.75, 3.05) is 16.3 Å². The average molecular weight is 826 g/mol. The first kappa shape index (κ1) is 44.3. The summed E-state index contributed by atoms with van der Waals surface area (Å²) >= 11 is 13.2. The molecule has 1 heterocycles. The van der Waals surface area contributed by atoms with Crippen molar-refractivity contribution in [3.63, 3.8) is 0 Å². The molecule has 0 unspecified atom stereocenters. The Bertz CT molecular complexity index is 2130. The number of hydrogen-bond donors (Lipinski definition) is 0. The molecule has 0 aromatic heterocycles. The van der Waals surface area contributed by atoms with Gasteiger partial charge in [-0.25, -0.2) is 0 Å². The van der Waals surface area contributed by atoms with Crippen molar-refractivity contribution < 1.29 is 0 Å². The summed E-state index contributed by atoms with van der Waals surface area (Å²) in [6.45, 7) is 19.3. The molecule has 0 saturated heterocycles. The Morgan fingerprint density at radius 1 is 0.746 bits per heavy atom. The van der Waals surface area contributed by atoms with Crippen molar-refractivity contribution in [1.82, 2.24) is 0 Å². The molecular formula is C55H66Cl2N2. The summed E-state index contributed by atoms with van der Waals surface area (Å²) in [6, 6.07) is 34.2. The van der Waals surface area contributed by atoms with E-state index < -0.39 is 0 Å². The third-order valence-electron chi connectivity index (χ3n) is 12.7. The summed E-state index contributed by atoms with van der Waals surface area (Å²) in [4.78, 5) is 5.03. The monoisotopic (exact) mass is 824 g/mol. The molecule has 310 valence electrons. The van der Waals surface area contributed by atoms with E-state index in [4.69, 9.17) is 23.2 Å². The zero-order chi connectivity index (χ0) is 42.0. The van der Waals surface area contributed by atoms with Gasteiger partial charge >= 0.3 is 0 Å². The van der Waals surface area contributed by atoms with Crippen LogP contribution in [0.25, 0.3) is 0 Å². The lowest BCUT2D eigenvalue weighted by atomic mass is 9.76. The Hall–Kier alpha value is -4.24. The highest BCUT2D eigenvalue weighted by Crippen LogP contribution is 2.49. The zero-order valence-electron chi connectivity index (χ0n) is 36.6. The quantitative estimate of drug-likeness (QED) is 0.0686. The smallest absolute Gasteiger partial charge is 0.0525 e. The molecule has 0 fully saturated rings. The second-order valence-electron chi connectivity index (χ2n) is 17.7. The molecule has 2 nitrogen and oxygen atoms in total. The van der Waals surface area contributed by atoms with E-state index in [1.54, 1.807) is 0 Å². The second kappa shape index (κ2) is 20.3. The van der Waals surface area contributed by atoms with Crippen LogP contribution in [0.15, 0.2) is 156 Å². The standard InChI is InChI=1S/C55H66Cl2N2/c1-8-9-10-11-12-13-14-15-16-23-38-58-51-36-35-46(57)40-50(51)55(6,7)52(58)37-33-44-32-31-43(30-29-42(3)54(4,5)49-39-45(56)34-28-41(49)2)53(44)59(47-24-19-17-20-25-47)48-26-21-18-22-27-48/h17-22,24-30,33-37,39-40H,3,8-16,23,31-32,38H2,1-2,4-7H3/b30-29+,44-33+,52-37+. The molecule has 0 spiro atoms. The normalized spacial score (nSPS) is 16.5. The van der Waals surface area contributed by atoms with Crippen molar-refractivity contribution in [1.29, 1.82) is 0 Å². The highest BCUT2D eigenvalue weighted by molar-refractivity contribution is 6.31. The number of fused-ring (bicyclic) bond motifs is 1. The molecule has 4 heteroatoms. The van der Waals surface area contributed by atoms with Gasteiger partial charge < -0.3 is 9.80 Å². The number of rotatable bonds is 19. The lowest BCUT2D eigenvalue weighted by Gasteiger charge is -2.30. The first-order valence-corrected chi connectivity index (χ1v) is 23.0. The van der Waals surface area contributed by atoms with Gasteiger partial charge in [0.2, 0.25) is 0 Å². The van der Waals surface area contributed by atoms with E-state index in [2.05, 4.69) is 173 Å². The van der Waals surface area contributed by atoms with E-state index in [9.17, 15) is 0 Å². The Balaban J connectivity index is 1.36. The predicted octanol–water partition coefficient (Wildman–Crippen LogP) is 17.1. The molecule has 2 aliphatic rings. The lowest BCUT2D eigenvalue weighted by molar-refractivity contribution is 0.554. The van der Waals surface area contributed by atoms with E-state index in [-0.39, 0.29) is 10.8 Å². The maximum Gasteiger partial charge on any atom is 0.0525 e. The van der Waals surface area contributed by atoms with E-state index in [1.165, 1.54) is 109 Å². The van der Waals surface area contributed by atoms with Gasteiger partial charge in [0, 0.05) is 50.2 Å². The molecule has 59 heavy (non-hydrogen) atoms. The van der Waals surface area contributed by atoms with Crippen LogP contribution in [0.1, 0.15) is 128 Å². The van der Waals surface area contributed by atoms with Crippen LogP contribution >= 0.6 is 23.2 Å². The van der Waals surface area contributed by atoms with Gasteiger partial charge in [-0.05, 0) is 120 Å². The molecule has 0 bridgehead atoms. The van der Waals surface area contributed by atoms with Crippen LogP contribution in [0, 0.1) is 6.92 Å². The fraction of sp³-hybridized carbons (Fsp3) is 0.382. The SMILES string of the molecule is C=C(/C=C/C1=C(N(c2ccccc2)c2ccccc2)C(=C/C=C2/N(CCCCCCCCCCCC)c3ccc(Cl)cc3C2(C)C)/CC1)C(C)(C)c1cc(Cl)ccc1C. The van der Waals surface area contributed by atoms with Gasteiger partial charge in [0.15, 0.2) is 0 Å². The van der Waals surface area contributed by atoms with Gasteiger partial charge in [-0.2, -0.15) is 0 Å². The van der Waals surface area contributed by atoms with Gasteiger partial charge in [-0.1, -0.05) is 183 Å². The largest absolute Gasteiger partial charge is 0.344 e. The average Bonchev–Trinajstić information content (AvgIpc) is 3.71. The summed E-state index contributed by atoms with van der Waals surface area (Å²) in [7, 11) is 0. The zero-order valence-corrected chi connectivity index (χ0v) is 38.1. The third-order valence-corrected chi connectivity index (χ3v) is 13.2. The van der Waals surface area contributed by atoms with Crippen molar-refractivity contribution in [2.45, 2.75) is 129 Å². The van der Waals surface area contributed by atoms with Gasteiger partial charge in [-0.3, -0.25) is 0 Å². The molecule has 0 N–H and O–H groups in total. The van der Waals surface area contributed by atoms with Gasteiger partial charge in [0.1, 0.15) is 0 Å². The minimum Gasteiger partial charge on any atom is -0.344 e. The number of hydrogen-bond acceptors (Lipinski definition) is 2. The van der Waals surface area contributed by atoms with Crippen LogP contribution in [0.4, 0.5) is 17.1 Å². The van der Waals surface area contributed by atoms with Crippen LogP contribution in [0.2, 0.25) is 10.0 Å². The van der Waals surface area contributed by atoms with Crippen molar-refractivity contribution in [2.24, 2.45) is 0 Å². The Labute approximate surface area is 367 Å². The number of benzene rings is 4. The Morgan fingerprint density at radius 2 is 1.32 bits per heavy atom. The summed E-state index contributed by atoms with van der Waals surface area (Å²) < 4.78 is 0. The van der Waals surface area contributed by atoms with Crippen molar-refractivity contribution in [3.8, 4) is 0 Å². The van der Waals surface area contributed by atoms with Gasteiger partial charge in [0.25, 0.3) is 0 Å². The Morgan fingerprint density at radius 3 is 1.95 bits per heavy atom. The third kappa shape index (κ3) is 10.6. The van der Waals surface area contributed by atoms with E-state index >= 15 is 0 Å². The summed E-state index contributed by atoms with van der Waals surface area (Å²) in [5, 5.41) is 1.55. The number of anilines is 3. The van der Waals surface area contributed by atoms with Crippen LogP contribution in [0.5, 0.6) is 0 Å². The van der Waals surface area contributed by atoms with Crippen molar-refractivity contribution >= 4 is 40.3 Å². The van der Waals surface area contributed by atoms with Gasteiger partial charge in [0.05, 0.1) is 5.70 Å². The molecular weight excluding hydrogens is 760 g/mol. The van der Waals surface area contributed by atoms with Crippen LogP contribution in [-0.2, 0) is 10.8 Å². The van der Waals surface area contributed by atoms with Gasteiger partial charge in [-0.15, -0.1) is 0 Å². The van der Waals surface area contributed by atoms with E-state index in [0.29, 0.717) is 0 Å². The summed E-state index contributed by atoms with van der Waals surface area (Å²) in [5.41, 5.74) is 13.0. The fourth-order valence-corrected chi connectivity index (χ4v) is 9.41. The number of aryl methyl sites for hydroxylation is 1. The summed E-state index contributed by atoms with van der Waals surface area (Å²) in [5.74, 6) is 0. The number of para-hydroxylation sites is 2.